The van der Waals surface area contributed by atoms with Crippen molar-refractivity contribution >= 4 is 17.5 Å². The Morgan fingerprint density at radius 2 is 1.67 bits per heavy atom. The number of hydrogen-bond donors (Lipinski definition) is 0. The molecule has 5 nitrogen and oxygen atoms in total. The van der Waals surface area contributed by atoms with Gasteiger partial charge in [0.05, 0.1) is 23.2 Å². The Bertz CT molecular complexity index is 901. The fourth-order valence-corrected chi connectivity index (χ4v) is 3.69. The molecule has 2 aliphatic rings. The van der Waals surface area contributed by atoms with Crippen molar-refractivity contribution in [2.24, 2.45) is 5.92 Å². The molecule has 0 spiro atoms. The highest BCUT2D eigenvalue weighted by Crippen LogP contribution is 2.45. The Balaban J connectivity index is 1.72. The van der Waals surface area contributed by atoms with Crippen molar-refractivity contribution in [3.8, 4) is 0 Å². The van der Waals surface area contributed by atoms with Crippen molar-refractivity contribution in [1.29, 1.82) is 0 Å². The van der Waals surface area contributed by atoms with Crippen molar-refractivity contribution < 1.29 is 27.6 Å². The van der Waals surface area contributed by atoms with Crippen LogP contribution in [-0.4, -0.2) is 30.0 Å². The third-order valence-electron chi connectivity index (χ3n) is 4.88. The van der Waals surface area contributed by atoms with Gasteiger partial charge in [0, 0.05) is 7.05 Å². The highest BCUT2D eigenvalue weighted by Gasteiger charge is 2.59. The normalized spacial score (nSPS) is 25.9. The first kappa shape index (κ1) is 17.7. The topological polar surface area (TPSA) is 49.9 Å². The maximum atomic E-state index is 13.0. The minimum absolute atomic E-state index is 0.104. The number of benzene rings is 2. The van der Waals surface area contributed by atoms with Gasteiger partial charge in [-0.2, -0.15) is 18.2 Å². The van der Waals surface area contributed by atoms with E-state index in [1.807, 2.05) is 30.3 Å². The van der Waals surface area contributed by atoms with Crippen LogP contribution in [0.5, 0.6) is 0 Å². The number of amides is 2. The van der Waals surface area contributed by atoms with Gasteiger partial charge >= 0.3 is 6.18 Å². The summed E-state index contributed by atoms with van der Waals surface area (Å²) >= 11 is 0. The van der Waals surface area contributed by atoms with Crippen molar-refractivity contribution in [3.63, 3.8) is 0 Å². The summed E-state index contributed by atoms with van der Waals surface area (Å²) in [6, 6.07) is 12.8. The van der Waals surface area contributed by atoms with Crippen LogP contribution in [0.4, 0.5) is 18.9 Å². The van der Waals surface area contributed by atoms with Crippen LogP contribution in [0, 0.1) is 5.92 Å². The van der Waals surface area contributed by atoms with Crippen molar-refractivity contribution in [3.05, 3.63) is 65.7 Å². The quantitative estimate of drug-likeness (QED) is 0.756. The van der Waals surface area contributed by atoms with Crippen LogP contribution in [0.2, 0.25) is 0 Å². The van der Waals surface area contributed by atoms with Gasteiger partial charge in [-0.1, -0.05) is 36.4 Å². The summed E-state index contributed by atoms with van der Waals surface area (Å²) in [6.07, 6.45) is -5.62. The van der Waals surface area contributed by atoms with Crippen LogP contribution in [0.15, 0.2) is 54.6 Å². The zero-order chi connectivity index (χ0) is 19.3. The van der Waals surface area contributed by atoms with Gasteiger partial charge in [0.1, 0.15) is 0 Å². The highest BCUT2D eigenvalue weighted by atomic mass is 19.4. The zero-order valence-electron chi connectivity index (χ0n) is 14.2. The molecule has 140 valence electrons. The van der Waals surface area contributed by atoms with E-state index < -0.39 is 41.6 Å². The first-order valence-electron chi connectivity index (χ1n) is 8.28. The zero-order valence-corrected chi connectivity index (χ0v) is 14.2. The van der Waals surface area contributed by atoms with Gasteiger partial charge in [-0.3, -0.25) is 14.4 Å². The standard InChI is InChI=1S/C19H15F3N2O3/c1-23-15(11-6-3-2-4-7-11)14-16(27-23)18(26)24(17(14)25)13-9-5-8-12(10-13)19(20,21)22/h2-10,14-16H,1H3/t14-,15-,16+/m1/s1. The lowest BCUT2D eigenvalue weighted by molar-refractivity contribution is -0.160. The van der Waals surface area contributed by atoms with Gasteiger partial charge in [-0.15, -0.1) is 0 Å². The molecule has 0 saturated carbocycles. The van der Waals surface area contributed by atoms with E-state index in [0.29, 0.717) is 0 Å². The molecule has 2 amide bonds. The molecule has 0 unspecified atom stereocenters. The summed E-state index contributed by atoms with van der Waals surface area (Å²) in [5.41, 5.74) is -0.234. The van der Waals surface area contributed by atoms with Crippen LogP contribution < -0.4 is 4.90 Å². The fraction of sp³-hybridized carbons (Fsp3) is 0.263. The molecule has 0 aliphatic carbocycles. The number of anilines is 1. The predicted octanol–water partition coefficient (Wildman–Crippen LogP) is 3.18. The summed E-state index contributed by atoms with van der Waals surface area (Å²) in [7, 11) is 1.63. The van der Waals surface area contributed by atoms with Gasteiger partial charge in [0.2, 0.25) is 5.91 Å². The van der Waals surface area contributed by atoms with E-state index in [0.717, 1.165) is 22.6 Å². The Morgan fingerprint density at radius 1 is 0.963 bits per heavy atom. The average Bonchev–Trinajstić information content (AvgIpc) is 3.09. The SMILES string of the molecule is CN1O[C@@H]2C(=O)N(c3cccc(C(F)(F)F)c3)C(=O)[C@@H]2[C@H]1c1ccccc1. The summed E-state index contributed by atoms with van der Waals surface area (Å²) in [5.74, 6) is -2.04. The van der Waals surface area contributed by atoms with Crippen molar-refractivity contribution in [2.75, 3.05) is 11.9 Å². The predicted molar refractivity (Wildman–Crippen MR) is 89.2 cm³/mol. The smallest absolute Gasteiger partial charge is 0.284 e. The molecule has 0 aromatic heterocycles. The summed E-state index contributed by atoms with van der Waals surface area (Å²) in [5, 5.41) is 1.46. The van der Waals surface area contributed by atoms with Crippen LogP contribution in [-0.2, 0) is 20.6 Å². The molecular formula is C19H15F3N2O3. The first-order chi connectivity index (χ1) is 12.8. The van der Waals surface area contributed by atoms with E-state index in [1.165, 1.54) is 17.2 Å². The van der Waals surface area contributed by atoms with Gasteiger partial charge < -0.3 is 0 Å². The lowest BCUT2D eigenvalue weighted by Gasteiger charge is -2.24. The van der Waals surface area contributed by atoms with Gasteiger partial charge in [0.15, 0.2) is 6.10 Å². The minimum Gasteiger partial charge on any atom is -0.284 e. The van der Waals surface area contributed by atoms with Crippen LogP contribution in [0.25, 0.3) is 0 Å². The van der Waals surface area contributed by atoms with Crippen LogP contribution in [0.1, 0.15) is 17.2 Å². The van der Waals surface area contributed by atoms with E-state index in [4.69, 9.17) is 4.84 Å². The Hall–Kier alpha value is -2.71. The van der Waals surface area contributed by atoms with Crippen LogP contribution in [0.3, 0.4) is 0 Å². The second-order valence-corrected chi connectivity index (χ2v) is 6.51. The van der Waals surface area contributed by atoms with E-state index in [-0.39, 0.29) is 5.69 Å². The highest BCUT2D eigenvalue weighted by molar-refractivity contribution is 6.23. The second kappa shape index (κ2) is 6.17. The molecule has 2 fully saturated rings. The van der Waals surface area contributed by atoms with Gasteiger partial charge in [-0.25, -0.2) is 4.90 Å². The minimum atomic E-state index is -4.57. The maximum Gasteiger partial charge on any atom is 0.416 e. The lowest BCUT2D eigenvalue weighted by Crippen LogP contribution is -2.36. The fourth-order valence-electron chi connectivity index (χ4n) is 3.69. The van der Waals surface area contributed by atoms with E-state index in [1.54, 1.807) is 7.05 Å². The number of imide groups is 1. The first-order valence-corrected chi connectivity index (χ1v) is 8.28. The van der Waals surface area contributed by atoms with Crippen LogP contribution >= 0.6 is 0 Å². The number of hydroxylamine groups is 2. The molecule has 3 atom stereocenters. The Kier molecular flexibility index (Phi) is 4.05. The number of fused-ring (bicyclic) bond motifs is 1. The number of alkyl halides is 3. The van der Waals surface area contributed by atoms with E-state index >= 15 is 0 Å². The molecule has 8 heteroatoms. The molecule has 4 rings (SSSR count). The van der Waals surface area contributed by atoms with E-state index in [9.17, 15) is 22.8 Å². The number of halogens is 3. The number of hydrogen-bond acceptors (Lipinski definition) is 4. The third-order valence-corrected chi connectivity index (χ3v) is 4.88. The summed E-state index contributed by atoms with van der Waals surface area (Å²) < 4.78 is 39.0. The average molecular weight is 376 g/mol. The Morgan fingerprint density at radius 3 is 2.33 bits per heavy atom. The third kappa shape index (κ3) is 2.81. The monoisotopic (exact) mass is 376 g/mol. The molecule has 0 bridgehead atoms. The van der Waals surface area contributed by atoms with Gasteiger partial charge in [0.25, 0.3) is 5.91 Å². The second-order valence-electron chi connectivity index (χ2n) is 6.51. The maximum absolute atomic E-state index is 13.0. The number of nitrogens with zero attached hydrogens (tertiary/aromatic N) is 2. The molecule has 2 aromatic rings. The molecule has 2 aliphatic heterocycles. The molecule has 2 saturated heterocycles. The molecule has 0 N–H and O–H groups in total. The lowest BCUT2D eigenvalue weighted by atomic mass is 9.91. The number of carbonyl (C=O) groups is 2. The summed E-state index contributed by atoms with van der Waals surface area (Å²) in [6.45, 7) is 0. The molecular weight excluding hydrogens is 361 g/mol. The largest absolute Gasteiger partial charge is 0.416 e. The van der Waals surface area contributed by atoms with Crippen molar-refractivity contribution in [2.45, 2.75) is 18.3 Å². The van der Waals surface area contributed by atoms with Gasteiger partial charge in [-0.05, 0) is 23.8 Å². The van der Waals surface area contributed by atoms with Crippen molar-refractivity contribution in [1.82, 2.24) is 5.06 Å². The number of carbonyl (C=O) groups excluding carboxylic acids is 2. The molecule has 27 heavy (non-hydrogen) atoms. The molecule has 2 heterocycles. The number of rotatable bonds is 2. The molecule has 0 radical (unpaired) electrons. The van der Waals surface area contributed by atoms with E-state index in [2.05, 4.69) is 0 Å². The Labute approximate surface area is 152 Å². The summed E-state index contributed by atoms with van der Waals surface area (Å²) in [4.78, 5) is 32.1. The molecule has 2 aromatic carbocycles.